The molecule has 1 aliphatic heterocycles. The predicted molar refractivity (Wildman–Crippen MR) is 66.2 cm³/mol. The predicted octanol–water partition coefficient (Wildman–Crippen LogP) is 1.11. The van der Waals surface area contributed by atoms with E-state index in [4.69, 9.17) is 5.73 Å². The molecule has 0 spiro atoms. The average Bonchev–Trinajstić information content (AvgIpc) is 2.83. The van der Waals surface area contributed by atoms with E-state index < -0.39 is 0 Å². The van der Waals surface area contributed by atoms with Crippen molar-refractivity contribution in [2.24, 2.45) is 5.92 Å². The van der Waals surface area contributed by atoms with E-state index in [1.165, 1.54) is 0 Å². The van der Waals surface area contributed by atoms with E-state index >= 15 is 0 Å². The Kier molecular flexibility index (Phi) is 3.66. The van der Waals surface area contributed by atoms with Gasteiger partial charge >= 0.3 is 0 Å². The van der Waals surface area contributed by atoms with Gasteiger partial charge in [-0.05, 0) is 18.4 Å². The molecule has 1 aromatic rings. The highest BCUT2D eigenvalue weighted by Crippen LogP contribution is 2.21. The summed E-state index contributed by atoms with van der Waals surface area (Å²) in [5.74, 6) is 1.36. The lowest BCUT2D eigenvalue weighted by molar-refractivity contribution is -0.127. The molecule has 1 aliphatic rings. The van der Waals surface area contributed by atoms with Gasteiger partial charge in [-0.15, -0.1) is 0 Å². The second-order valence-corrected chi connectivity index (χ2v) is 4.70. The first-order chi connectivity index (χ1) is 8.19. The van der Waals surface area contributed by atoms with Crippen molar-refractivity contribution in [1.82, 2.24) is 14.7 Å². The maximum Gasteiger partial charge on any atom is 0.222 e. The van der Waals surface area contributed by atoms with Crippen LogP contribution in [0.2, 0.25) is 0 Å². The Morgan fingerprint density at radius 2 is 2.35 bits per heavy atom. The van der Waals surface area contributed by atoms with Crippen LogP contribution in [0, 0.1) is 5.92 Å². The van der Waals surface area contributed by atoms with Crippen LogP contribution in [0.15, 0.2) is 12.3 Å². The zero-order chi connectivity index (χ0) is 12.3. The lowest BCUT2D eigenvalue weighted by atomic mass is 10.0. The second kappa shape index (κ2) is 5.21. The minimum absolute atomic E-state index is 0.281. The van der Waals surface area contributed by atoms with E-state index in [1.54, 1.807) is 10.7 Å². The van der Waals surface area contributed by atoms with Gasteiger partial charge < -0.3 is 10.6 Å². The van der Waals surface area contributed by atoms with Crippen molar-refractivity contribution in [3.05, 3.63) is 12.3 Å². The third kappa shape index (κ3) is 2.99. The highest BCUT2D eigenvalue weighted by atomic mass is 16.2. The Morgan fingerprint density at radius 1 is 1.53 bits per heavy atom. The fraction of sp³-hybridized carbons (Fsp3) is 0.667. The molecule has 0 radical (unpaired) electrons. The number of carbonyl (C=O) groups is 1. The summed E-state index contributed by atoms with van der Waals surface area (Å²) in [6, 6.07) is 1.77. The van der Waals surface area contributed by atoms with Crippen molar-refractivity contribution in [3.8, 4) is 0 Å². The van der Waals surface area contributed by atoms with Crippen LogP contribution in [0.25, 0.3) is 0 Å². The summed E-state index contributed by atoms with van der Waals surface area (Å²) in [6.45, 7) is 4.53. The molecule has 0 aromatic carbocycles. The van der Waals surface area contributed by atoms with Crippen molar-refractivity contribution in [2.45, 2.75) is 32.7 Å². The zero-order valence-corrected chi connectivity index (χ0v) is 10.3. The van der Waals surface area contributed by atoms with Crippen molar-refractivity contribution in [1.29, 1.82) is 0 Å². The lowest BCUT2D eigenvalue weighted by Crippen LogP contribution is -2.29. The van der Waals surface area contributed by atoms with E-state index in [0.29, 0.717) is 11.7 Å². The van der Waals surface area contributed by atoms with Gasteiger partial charge in [-0.1, -0.05) is 13.3 Å². The van der Waals surface area contributed by atoms with E-state index in [-0.39, 0.29) is 5.91 Å². The van der Waals surface area contributed by atoms with Gasteiger partial charge in [0, 0.05) is 25.7 Å². The summed E-state index contributed by atoms with van der Waals surface area (Å²) in [7, 11) is 0. The molecule has 94 valence electrons. The number of aromatic nitrogens is 2. The SMILES string of the molecule is CCCC1CC(=O)N(CCn2ccc(N)n2)C1. The first kappa shape index (κ1) is 12.0. The quantitative estimate of drug-likeness (QED) is 0.833. The molecule has 1 unspecified atom stereocenters. The number of anilines is 1. The van der Waals surface area contributed by atoms with Gasteiger partial charge in [0.1, 0.15) is 5.82 Å². The molecule has 5 nitrogen and oxygen atoms in total. The Labute approximate surface area is 102 Å². The van der Waals surface area contributed by atoms with Crippen LogP contribution in [0.1, 0.15) is 26.2 Å². The monoisotopic (exact) mass is 236 g/mol. The van der Waals surface area contributed by atoms with Gasteiger partial charge in [0.2, 0.25) is 5.91 Å². The van der Waals surface area contributed by atoms with Crippen LogP contribution >= 0.6 is 0 Å². The number of amides is 1. The van der Waals surface area contributed by atoms with Gasteiger partial charge in [0.25, 0.3) is 0 Å². The number of hydrogen-bond acceptors (Lipinski definition) is 3. The molecule has 2 rings (SSSR count). The Balaban J connectivity index is 1.81. The molecule has 1 atom stereocenters. The molecule has 0 saturated carbocycles. The van der Waals surface area contributed by atoms with Gasteiger partial charge in [-0.3, -0.25) is 9.48 Å². The Hall–Kier alpha value is -1.52. The summed E-state index contributed by atoms with van der Waals surface area (Å²) in [5, 5.41) is 4.11. The number of likely N-dealkylation sites (tertiary alicyclic amines) is 1. The molecule has 5 heteroatoms. The molecule has 2 heterocycles. The minimum Gasteiger partial charge on any atom is -0.382 e. The largest absolute Gasteiger partial charge is 0.382 e. The maximum atomic E-state index is 11.8. The van der Waals surface area contributed by atoms with Gasteiger partial charge in [0.15, 0.2) is 0 Å². The van der Waals surface area contributed by atoms with Crippen molar-refractivity contribution < 1.29 is 4.79 Å². The van der Waals surface area contributed by atoms with Crippen LogP contribution in [-0.2, 0) is 11.3 Å². The normalized spacial score (nSPS) is 20.2. The molecule has 0 aliphatic carbocycles. The van der Waals surface area contributed by atoms with Crippen LogP contribution < -0.4 is 5.73 Å². The lowest BCUT2D eigenvalue weighted by Gasteiger charge is -2.16. The number of hydrogen-bond donors (Lipinski definition) is 1. The molecular formula is C12H20N4O. The number of nitrogens with two attached hydrogens (primary N) is 1. The summed E-state index contributed by atoms with van der Waals surface area (Å²) >= 11 is 0. The first-order valence-corrected chi connectivity index (χ1v) is 6.25. The van der Waals surface area contributed by atoms with Crippen LogP contribution in [-0.4, -0.2) is 33.7 Å². The van der Waals surface area contributed by atoms with Crippen LogP contribution in [0.5, 0.6) is 0 Å². The highest BCUT2D eigenvalue weighted by Gasteiger charge is 2.28. The van der Waals surface area contributed by atoms with Gasteiger partial charge in [-0.2, -0.15) is 5.10 Å². The molecule has 2 N–H and O–H groups in total. The number of nitrogen functional groups attached to an aromatic ring is 1. The molecule has 1 amide bonds. The fourth-order valence-corrected chi connectivity index (χ4v) is 2.40. The van der Waals surface area contributed by atoms with Crippen molar-refractivity contribution in [2.75, 3.05) is 18.8 Å². The molecule has 17 heavy (non-hydrogen) atoms. The molecule has 0 bridgehead atoms. The van der Waals surface area contributed by atoms with Crippen LogP contribution in [0.4, 0.5) is 5.82 Å². The average molecular weight is 236 g/mol. The molecule has 1 aromatic heterocycles. The zero-order valence-electron chi connectivity index (χ0n) is 10.3. The van der Waals surface area contributed by atoms with Gasteiger partial charge in [-0.25, -0.2) is 0 Å². The van der Waals surface area contributed by atoms with Crippen molar-refractivity contribution >= 4 is 11.7 Å². The van der Waals surface area contributed by atoms with E-state index in [9.17, 15) is 4.79 Å². The Bertz CT molecular complexity index is 388. The summed E-state index contributed by atoms with van der Waals surface area (Å²) in [5.41, 5.74) is 5.54. The summed E-state index contributed by atoms with van der Waals surface area (Å²) < 4.78 is 1.79. The molecule has 1 saturated heterocycles. The fourth-order valence-electron chi connectivity index (χ4n) is 2.40. The Morgan fingerprint density at radius 3 is 3.00 bits per heavy atom. The molecule has 1 fully saturated rings. The van der Waals surface area contributed by atoms with E-state index in [2.05, 4.69) is 12.0 Å². The number of carbonyl (C=O) groups excluding carboxylic acids is 1. The topological polar surface area (TPSA) is 64.2 Å². The number of nitrogens with zero attached hydrogens (tertiary/aromatic N) is 3. The van der Waals surface area contributed by atoms with Crippen LogP contribution in [0.3, 0.4) is 0 Å². The van der Waals surface area contributed by atoms with Gasteiger partial charge in [0.05, 0.1) is 6.54 Å². The number of rotatable bonds is 5. The third-order valence-electron chi connectivity index (χ3n) is 3.25. The van der Waals surface area contributed by atoms with Crippen molar-refractivity contribution in [3.63, 3.8) is 0 Å². The van der Waals surface area contributed by atoms with E-state index in [1.807, 2.05) is 11.1 Å². The standard InChI is InChI=1S/C12H20N4O/c1-2-3-10-8-12(17)15(9-10)6-7-16-5-4-11(13)14-16/h4-5,10H,2-3,6-9H2,1H3,(H2,13,14). The van der Waals surface area contributed by atoms with E-state index in [0.717, 1.165) is 38.9 Å². The third-order valence-corrected chi connectivity index (χ3v) is 3.25. The summed E-state index contributed by atoms with van der Waals surface area (Å²) in [4.78, 5) is 13.7. The smallest absolute Gasteiger partial charge is 0.222 e. The first-order valence-electron chi connectivity index (χ1n) is 6.25. The highest BCUT2D eigenvalue weighted by molar-refractivity contribution is 5.78. The second-order valence-electron chi connectivity index (χ2n) is 4.70. The molecular weight excluding hydrogens is 216 g/mol. The maximum absolute atomic E-state index is 11.8. The minimum atomic E-state index is 0.281. The summed E-state index contributed by atoms with van der Waals surface area (Å²) in [6.07, 6.45) is 4.87.